The summed E-state index contributed by atoms with van der Waals surface area (Å²) in [4.78, 5) is 1.99. The third-order valence-electron chi connectivity index (χ3n) is 1.89. The van der Waals surface area contributed by atoms with Crippen molar-refractivity contribution in [1.29, 1.82) is 0 Å². The van der Waals surface area contributed by atoms with Gasteiger partial charge in [-0.25, -0.2) is 0 Å². The fraction of sp³-hybridized carbons (Fsp3) is 0. The lowest BCUT2D eigenvalue weighted by atomic mass is 10.3. The molecule has 2 aromatic carbocycles. The molecule has 0 saturated carbocycles. The average molecular weight is 281 g/mol. The van der Waals surface area contributed by atoms with Gasteiger partial charge in [-0.05, 0) is 30.3 Å². The second kappa shape index (κ2) is 4.73. The second-order valence-electron chi connectivity index (χ2n) is 3.03. The van der Waals surface area contributed by atoms with E-state index in [1.807, 2.05) is 42.5 Å². The maximum absolute atomic E-state index is 9.70. The van der Waals surface area contributed by atoms with Crippen molar-refractivity contribution in [2.75, 3.05) is 0 Å². The molecule has 0 aliphatic rings. The maximum atomic E-state index is 9.70. The van der Waals surface area contributed by atoms with Gasteiger partial charge >= 0.3 is 0 Å². The van der Waals surface area contributed by atoms with Crippen molar-refractivity contribution < 1.29 is 5.11 Å². The largest absolute Gasteiger partial charge is 0.507 e. The summed E-state index contributed by atoms with van der Waals surface area (Å²) >= 11 is 4.86. The minimum Gasteiger partial charge on any atom is -0.507 e. The van der Waals surface area contributed by atoms with Crippen LogP contribution >= 0.6 is 27.7 Å². The van der Waals surface area contributed by atoms with E-state index >= 15 is 0 Å². The molecule has 0 spiro atoms. The summed E-state index contributed by atoms with van der Waals surface area (Å²) in [7, 11) is 0. The lowest BCUT2D eigenvalue weighted by Crippen LogP contribution is -1.75. The molecular weight excluding hydrogens is 272 g/mol. The van der Waals surface area contributed by atoms with Crippen LogP contribution in [0.2, 0.25) is 0 Å². The molecule has 3 heteroatoms. The van der Waals surface area contributed by atoms with Gasteiger partial charge in [-0.3, -0.25) is 0 Å². The molecular formula is C12H9BrOS. The zero-order valence-electron chi connectivity index (χ0n) is 7.85. The summed E-state index contributed by atoms with van der Waals surface area (Å²) in [5, 5.41) is 9.70. The molecule has 1 nitrogen and oxygen atoms in total. The van der Waals surface area contributed by atoms with Crippen molar-refractivity contribution in [1.82, 2.24) is 0 Å². The van der Waals surface area contributed by atoms with E-state index in [-0.39, 0.29) is 0 Å². The first-order valence-corrected chi connectivity index (χ1v) is 6.08. The van der Waals surface area contributed by atoms with Crippen LogP contribution < -0.4 is 0 Å². The van der Waals surface area contributed by atoms with Crippen molar-refractivity contribution in [3.05, 3.63) is 53.0 Å². The molecule has 0 atom stereocenters. The summed E-state index contributed by atoms with van der Waals surface area (Å²) in [6.07, 6.45) is 0. The minimum absolute atomic E-state index is 0.304. The third kappa shape index (κ3) is 2.76. The van der Waals surface area contributed by atoms with E-state index in [1.165, 1.54) is 0 Å². The Morgan fingerprint density at radius 2 is 1.73 bits per heavy atom. The predicted molar refractivity (Wildman–Crippen MR) is 66.4 cm³/mol. The van der Waals surface area contributed by atoms with Crippen LogP contribution in [-0.2, 0) is 0 Å². The Labute approximate surface area is 101 Å². The number of rotatable bonds is 2. The van der Waals surface area contributed by atoms with Crippen LogP contribution in [0.4, 0.5) is 0 Å². The van der Waals surface area contributed by atoms with Gasteiger partial charge in [0.25, 0.3) is 0 Å². The highest BCUT2D eigenvalue weighted by atomic mass is 79.9. The Morgan fingerprint density at radius 1 is 1.00 bits per heavy atom. The van der Waals surface area contributed by atoms with Crippen molar-refractivity contribution in [3.63, 3.8) is 0 Å². The van der Waals surface area contributed by atoms with Crippen LogP contribution in [-0.4, -0.2) is 5.11 Å². The fourth-order valence-corrected chi connectivity index (χ4v) is 2.39. The first-order valence-electron chi connectivity index (χ1n) is 4.47. The highest BCUT2D eigenvalue weighted by Crippen LogP contribution is 2.35. The zero-order chi connectivity index (χ0) is 10.7. The predicted octanol–water partition coefficient (Wildman–Crippen LogP) is 4.31. The van der Waals surface area contributed by atoms with Crippen LogP contribution in [0.3, 0.4) is 0 Å². The maximum Gasteiger partial charge on any atom is 0.130 e. The third-order valence-corrected chi connectivity index (χ3v) is 3.46. The SMILES string of the molecule is Oc1cc(Br)ccc1Sc1ccccc1. The van der Waals surface area contributed by atoms with Crippen LogP contribution in [0.1, 0.15) is 0 Å². The minimum atomic E-state index is 0.304. The number of hydrogen-bond donors (Lipinski definition) is 1. The van der Waals surface area contributed by atoms with E-state index in [0.717, 1.165) is 14.3 Å². The molecule has 2 rings (SSSR count). The number of benzene rings is 2. The average Bonchev–Trinajstić information content (AvgIpc) is 2.24. The Kier molecular flexibility index (Phi) is 3.34. The Morgan fingerprint density at radius 3 is 2.40 bits per heavy atom. The van der Waals surface area contributed by atoms with Gasteiger partial charge in [0.15, 0.2) is 0 Å². The molecule has 0 saturated heterocycles. The number of aromatic hydroxyl groups is 1. The van der Waals surface area contributed by atoms with Crippen LogP contribution in [0, 0.1) is 0 Å². The standard InChI is InChI=1S/C12H9BrOS/c13-9-6-7-12(11(14)8-9)15-10-4-2-1-3-5-10/h1-8,14H. The molecule has 0 aromatic heterocycles. The summed E-state index contributed by atoms with van der Waals surface area (Å²) in [5.41, 5.74) is 0. The van der Waals surface area contributed by atoms with Gasteiger partial charge in [-0.1, -0.05) is 45.9 Å². The number of phenols is 1. The van der Waals surface area contributed by atoms with Crippen LogP contribution in [0.15, 0.2) is 62.8 Å². The molecule has 2 aromatic rings. The van der Waals surface area contributed by atoms with Crippen molar-refractivity contribution in [2.45, 2.75) is 9.79 Å². The van der Waals surface area contributed by atoms with Gasteiger partial charge in [0, 0.05) is 9.37 Å². The van der Waals surface area contributed by atoms with E-state index in [1.54, 1.807) is 17.8 Å². The van der Waals surface area contributed by atoms with E-state index in [0.29, 0.717) is 5.75 Å². The fourth-order valence-electron chi connectivity index (χ4n) is 1.19. The highest BCUT2D eigenvalue weighted by molar-refractivity contribution is 9.10. The summed E-state index contributed by atoms with van der Waals surface area (Å²) in [5.74, 6) is 0.304. The van der Waals surface area contributed by atoms with E-state index in [4.69, 9.17) is 0 Å². The summed E-state index contributed by atoms with van der Waals surface area (Å²) < 4.78 is 0.886. The smallest absolute Gasteiger partial charge is 0.130 e. The van der Waals surface area contributed by atoms with Crippen molar-refractivity contribution in [2.24, 2.45) is 0 Å². The first-order chi connectivity index (χ1) is 7.25. The Bertz CT molecular complexity index is 456. The van der Waals surface area contributed by atoms with E-state index < -0.39 is 0 Å². The van der Waals surface area contributed by atoms with Gasteiger partial charge in [0.2, 0.25) is 0 Å². The van der Waals surface area contributed by atoms with Crippen LogP contribution in [0.25, 0.3) is 0 Å². The molecule has 76 valence electrons. The molecule has 0 amide bonds. The summed E-state index contributed by atoms with van der Waals surface area (Å²) in [6, 6.07) is 15.5. The molecule has 0 heterocycles. The summed E-state index contributed by atoms with van der Waals surface area (Å²) in [6.45, 7) is 0. The zero-order valence-corrected chi connectivity index (χ0v) is 10.3. The number of phenolic OH excluding ortho intramolecular Hbond substituents is 1. The number of halogens is 1. The second-order valence-corrected chi connectivity index (χ2v) is 5.06. The molecule has 1 N–H and O–H groups in total. The quantitative estimate of drug-likeness (QED) is 0.885. The number of hydrogen-bond acceptors (Lipinski definition) is 2. The topological polar surface area (TPSA) is 20.2 Å². The molecule has 0 aliphatic carbocycles. The van der Waals surface area contributed by atoms with Gasteiger partial charge in [0.05, 0.1) is 4.90 Å². The van der Waals surface area contributed by atoms with E-state index in [2.05, 4.69) is 15.9 Å². The lowest BCUT2D eigenvalue weighted by molar-refractivity contribution is 0.462. The first kappa shape index (κ1) is 10.6. The Hall–Kier alpha value is -0.930. The van der Waals surface area contributed by atoms with Gasteiger partial charge in [0.1, 0.15) is 5.75 Å². The normalized spacial score (nSPS) is 10.2. The molecule has 15 heavy (non-hydrogen) atoms. The van der Waals surface area contributed by atoms with E-state index in [9.17, 15) is 5.11 Å². The monoisotopic (exact) mass is 280 g/mol. The van der Waals surface area contributed by atoms with Crippen LogP contribution in [0.5, 0.6) is 5.75 Å². The lowest BCUT2D eigenvalue weighted by Gasteiger charge is -2.04. The highest BCUT2D eigenvalue weighted by Gasteiger charge is 2.03. The molecule has 0 radical (unpaired) electrons. The Balaban J connectivity index is 2.25. The molecule has 0 fully saturated rings. The molecule has 0 aliphatic heterocycles. The molecule has 0 bridgehead atoms. The van der Waals surface area contributed by atoms with Gasteiger partial charge in [-0.2, -0.15) is 0 Å². The van der Waals surface area contributed by atoms with Crippen molar-refractivity contribution in [3.8, 4) is 5.75 Å². The molecule has 0 unspecified atom stereocenters. The van der Waals surface area contributed by atoms with Gasteiger partial charge in [-0.15, -0.1) is 0 Å². The van der Waals surface area contributed by atoms with Crippen molar-refractivity contribution >= 4 is 27.7 Å². The van der Waals surface area contributed by atoms with Gasteiger partial charge < -0.3 is 5.11 Å².